The molecule has 0 N–H and O–H groups in total. The van der Waals surface area contributed by atoms with Crippen molar-refractivity contribution >= 4 is 77.6 Å². The normalized spacial score (nSPS) is 14.4. The number of rotatable bonds is 34. The summed E-state index contributed by atoms with van der Waals surface area (Å²) in [6, 6.07) is 0. The summed E-state index contributed by atoms with van der Waals surface area (Å²) in [6.07, 6.45) is -1.64. The maximum absolute atomic E-state index is 11.9. The van der Waals surface area contributed by atoms with E-state index in [9.17, 15) is 62.3 Å². The number of hydrogen-bond donors (Lipinski definition) is 0. The number of hydrogen-bond acceptors (Lipinski definition) is 29. The quantitative estimate of drug-likeness (QED) is 0.0328. The van der Waals surface area contributed by atoms with Gasteiger partial charge >= 0.3 is 77.6 Å². The van der Waals surface area contributed by atoms with Gasteiger partial charge in [-0.15, -0.1) is 0 Å². The molecule has 0 heterocycles. The van der Waals surface area contributed by atoms with Crippen LogP contribution in [0.5, 0.6) is 0 Å². The number of ether oxygens (including phenoxy) is 16. The fourth-order valence-corrected chi connectivity index (χ4v) is 7.88. The molecule has 0 aliphatic heterocycles. The molecule has 0 saturated heterocycles. The van der Waals surface area contributed by atoms with E-state index >= 15 is 0 Å². The molecule has 0 saturated carbocycles. The second kappa shape index (κ2) is 56.3. The zero-order valence-electron chi connectivity index (χ0n) is 71.9. The topological polar surface area (TPSA) is 370 Å². The molecule has 29 nitrogen and oxygen atoms in total. The number of carbonyl (C=O) groups excluding carboxylic acids is 13. The van der Waals surface area contributed by atoms with Crippen molar-refractivity contribution in [3.05, 3.63) is 0 Å². The summed E-state index contributed by atoms with van der Waals surface area (Å²) in [5, 5.41) is 0. The van der Waals surface area contributed by atoms with Gasteiger partial charge in [0.1, 0.15) is 25.4 Å². The molecule has 0 aliphatic carbocycles. The molecule has 0 aromatic carbocycles. The first kappa shape index (κ1) is 111. The summed E-state index contributed by atoms with van der Waals surface area (Å²) in [5.41, 5.74) is 0.514. The maximum atomic E-state index is 11.9. The molecule has 11 atom stereocenters. The predicted molar refractivity (Wildman–Crippen MR) is 399 cm³/mol. The van der Waals surface area contributed by atoms with Gasteiger partial charge in [0.25, 0.3) is 0 Å². The second-order valence-corrected chi connectivity index (χ2v) is 33.1. The van der Waals surface area contributed by atoms with Crippen LogP contribution in [0.25, 0.3) is 0 Å². The monoisotopic (exact) mass is 1540 g/mol. The van der Waals surface area contributed by atoms with Crippen molar-refractivity contribution < 1.29 is 138 Å². The Labute approximate surface area is 640 Å². The van der Waals surface area contributed by atoms with Gasteiger partial charge in [0, 0.05) is 48.3 Å². The molecule has 11 unspecified atom stereocenters. The van der Waals surface area contributed by atoms with Gasteiger partial charge in [0.2, 0.25) is 0 Å². The first-order valence-corrected chi connectivity index (χ1v) is 36.3. The molecule has 628 valence electrons. The van der Waals surface area contributed by atoms with Crippen LogP contribution >= 0.6 is 0 Å². The van der Waals surface area contributed by atoms with E-state index in [1.54, 1.807) is 27.7 Å². The van der Waals surface area contributed by atoms with E-state index in [0.717, 1.165) is 32.3 Å². The van der Waals surface area contributed by atoms with E-state index in [1.807, 2.05) is 83.1 Å². The van der Waals surface area contributed by atoms with Gasteiger partial charge in [-0.05, 0) is 134 Å². The summed E-state index contributed by atoms with van der Waals surface area (Å²) >= 11 is 0. The van der Waals surface area contributed by atoms with Crippen LogP contribution in [0, 0.1) is 38.4 Å². The van der Waals surface area contributed by atoms with Crippen LogP contribution in [-0.4, -0.2) is 199 Å². The molecule has 0 fully saturated rings. The summed E-state index contributed by atoms with van der Waals surface area (Å²) in [5.74, 6) is -7.48. The van der Waals surface area contributed by atoms with Crippen LogP contribution in [0.4, 0.5) is 0 Å². The highest BCUT2D eigenvalue weighted by molar-refractivity contribution is 5.83. The first-order valence-electron chi connectivity index (χ1n) is 36.3. The average Bonchev–Trinajstić information content (AvgIpc) is 0.872. The first-order chi connectivity index (χ1) is 48.3. The fourth-order valence-electron chi connectivity index (χ4n) is 7.88. The lowest BCUT2D eigenvalue weighted by Gasteiger charge is -2.26. The Bertz CT molecular complexity index is 2610. The van der Waals surface area contributed by atoms with Crippen molar-refractivity contribution in [3.8, 4) is 0 Å². The Balaban J connectivity index is -0.000000288. The Hall–Kier alpha value is -7.01. The van der Waals surface area contributed by atoms with Gasteiger partial charge in [-0.25, -0.2) is 33.6 Å². The number of methoxy groups -OCH3 is 1. The van der Waals surface area contributed by atoms with E-state index in [-0.39, 0.29) is 89.2 Å². The summed E-state index contributed by atoms with van der Waals surface area (Å²) in [7, 11) is 1.40. The van der Waals surface area contributed by atoms with Gasteiger partial charge in [0.05, 0.1) is 44.1 Å². The highest BCUT2D eigenvalue weighted by atomic mass is 16.6. The molecular weight excluding hydrogens is 1400 g/mol. The van der Waals surface area contributed by atoms with Crippen LogP contribution in [0.2, 0.25) is 0 Å². The zero-order chi connectivity index (χ0) is 85.4. The summed E-state index contributed by atoms with van der Waals surface area (Å²) < 4.78 is 79.1. The van der Waals surface area contributed by atoms with E-state index < -0.39 is 109 Å². The van der Waals surface area contributed by atoms with Gasteiger partial charge in [-0.2, -0.15) is 0 Å². The van der Waals surface area contributed by atoms with Gasteiger partial charge < -0.3 is 75.8 Å². The zero-order valence-corrected chi connectivity index (χ0v) is 71.9. The Kier molecular flexibility index (Phi) is 58.3. The van der Waals surface area contributed by atoms with Crippen LogP contribution in [0.3, 0.4) is 0 Å². The molecule has 0 amide bonds. The third-order valence-electron chi connectivity index (χ3n) is 13.4. The molecular formula is C78H142O29. The smallest absolute Gasteiger partial charge is 0.347 e. The third-order valence-corrected chi connectivity index (χ3v) is 13.4. The Morgan fingerprint density at radius 2 is 0.626 bits per heavy atom. The average molecular weight is 1540 g/mol. The van der Waals surface area contributed by atoms with Crippen molar-refractivity contribution in [3.63, 3.8) is 0 Å². The number of esters is 13. The molecule has 0 spiro atoms. The van der Waals surface area contributed by atoms with Crippen LogP contribution in [0.15, 0.2) is 0 Å². The molecule has 0 rings (SSSR count). The molecule has 107 heavy (non-hydrogen) atoms. The highest BCUT2D eigenvalue weighted by Crippen LogP contribution is 2.28. The van der Waals surface area contributed by atoms with E-state index in [2.05, 4.69) is 76.5 Å². The van der Waals surface area contributed by atoms with Crippen LogP contribution in [-0.2, 0) is 138 Å². The lowest BCUT2D eigenvalue weighted by molar-refractivity contribution is -0.178. The molecule has 0 radical (unpaired) electrons. The Morgan fingerprint density at radius 3 is 1.02 bits per heavy atom. The summed E-state index contributed by atoms with van der Waals surface area (Å²) in [4.78, 5) is 145. The largest absolute Gasteiger partial charge is 0.463 e. The van der Waals surface area contributed by atoms with Crippen LogP contribution in [0.1, 0.15) is 268 Å². The lowest BCUT2D eigenvalue weighted by atomic mass is 9.82. The van der Waals surface area contributed by atoms with Crippen LogP contribution < -0.4 is 0 Å². The minimum absolute atomic E-state index is 0.0276. The van der Waals surface area contributed by atoms with Crippen molar-refractivity contribution in [1.29, 1.82) is 0 Å². The van der Waals surface area contributed by atoms with Gasteiger partial charge in [-0.1, -0.05) is 132 Å². The van der Waals surface area contributed by atoms with E-state index in [4.69, 9.17) is 61.6 Å². The minimum atomic E-state index is -1.05. The van der Waals surface area contributed by atoms with Gasteiger partial charge in [0.15, 0.2) is 43.7 Å². The maximum Gasteiger partial charge on any atom is 0.347 e. The highest BCUT2D eigenvalue weighted by Gasteiger charge is 2.32. The SMILES string of the molecule is CC(=O)OC(C)C(=O)OC(C)C(=O)OC(C)CC(C)(C)C.CC(=O)OC(C)C(=O)OCC(=O)OCCC(C)(C)C.CC(=O)OC(C)COC(C)CC(C)(C)C.CC(=O)OCC(C)OC(=O)C(C)OC(=O)C(C)C(C)(C)C.CC(=O)OCCOCCC(C)(C)C.COC(C)C(=O)OCC(=O)OC(C)CC(C)(C)C. The van der Waals surface area contributed by atoms with E-state index in [0.29, 0.717) is 31.7 Å². The van der Waals surface area contributed by atoms with E-state index in [1.165, 1.54) is 69.4 Å². The Morgan fingerprint density at radius 1 is 0.280 bits per heavy atom. The van der Waals surface area contributed by atoms with Crippen molar-refractivity contribution in [2.75, 3.05) is 60.0 Å². The molecule has 29 heteroatoms. The molecule has 0 aromatic rings. The molecule has 0 bridgehead atoms. The molecule has 0 aromatic heterocycles. The molecule has 0 aliphatic rings. The predicted octanol–water partition coefficient (Wildman–Crippen LogP) is 12.5. The van der Waals surface area contributed by atoms with Crippen molar-refractivity contribution in [2.45, 2.75) is 329 Å². The fraction of sp³-hybridized carbons (Fsp3) is 0.833. The second-order valence-electron chi connectivity index (χ2n) is 33.1. The number of carbonyl (C=O) groups is 13. The minimum Gasteiger partial charge on any atom is -0.463 e. The van der Waals surface area contributed by atoms with Gasteiger partial charge in [-0.3, -0.25) is 28.8 Å². The summed E-state index contributed by atoms with van der Waals surface area (Å²) in [6.45, 7) is 63.2. The third kappa shape index (κ3) is 78.4. The van der Waals surface area contributed by atoms with Crippen molar-refractivity contribution in [1.82, 2.24) is 0 Å². The van der Waals surface area contributed by atoms with Crippen molar-refractivity contribution in [2.24, 2.45) is 38.4 Å². The lowest BCUT2D eigenvalue weighted by Crippen LogP contribution is -2.35. The standard InChI is InChI=1S/2C15H26O6.C13H22O6.C13H24O5.C12H24O3.C10H20O3/c1-9(8-15(5,6)7)19-13(17)11(3)21-14(18)10(2)20-12(4)16;1-9(8-19-12(4)16)20-14(18)11(3)21-13(17)10(2)15(5,6)7;1-9(19-10(2)14)12(16)18-8-11(15)17-7-6-13(3,4)5;1-9(7-13(3,4)5)18-11(14)8-17-12(15)10(2)16-6;1-9(7-12(4,5)6)14-8-10(2)15-11(3)13;1-9(11)13-8-7-12-6-5-10(2,3)4/h2*9-11H,8H2,1-7H3;9H,6-8H2,1-5H3;9-10H,7-8H2,1-6H3;9-10H,7-8H2,1-6H3;5-8H2,1-4H3.